The van der Waals surface area contributed by atoms with E-state index in [0.717, 1.165) is 61.9 Å². The fraction of sp³-hybridized carbons (Fsp3) is 0.476. The van der Waals surface area contributed by atoms with Crippen LogP contribution in [0.2, 0.25) is 0 Å². The van der Waals surface area contributed by atoms with Gasteiger partial charge in [0.25, 0.3) is 0 Å². The van der Waals surface area contributed by atoms with Crippen molar-refractivity contribution in [2.45, 2.75) is 33.2 Å². The maximum Gasteiger partial charge on any atom is 0.231 e. The smallest absolute Gasteiger partial charge is 0.231 e. The number of benzene rings is 1. The van der Waals surface area contributed by atoms with Gasteiger partial charge in [0.05, 0.1) is 19.5 Å². The van der Waals surface area contributed by atoms with E-state index in [1.165, 1.54) is 5.69 Å². The molecular weight excluding hydrogens is 366 g/mol. The Morgan fingerprint density at radius 3 is 2.55 bits per heavy atom. The zero-order valence-corrected chi connectivity index (χ0v) is 17.4. The molecule has 3 aromatic rings. The molecule has 0 atom stereocenters. The molecule has 0 bridgehead atoms. The molecule has 0 saturated carbocycles. The molecule has 2 N–H and O–H groups in total. The van der Waals surface area contributed by atoms with E-state index in [1.807, 2.05) is 6.33 Å². The fourth-order valence-corrected chi connectivity index (χ4v) is 3.42. The third-order valence-corrected chi connectivity index (χ3v) is 5.02. The van der Waals surface area contributed by atoms with E-state index in [-0.39, 0.29) is 6.04 Å². The monoisotopic (exact) mass is 395 g/mol. The van der Waals surface area contributed by atoms with Crippen molar-refractivity contribution in [1.82, 2.24) is 19.5 Å². The van der Waals surface area contributed by atoms with Crippen LogP contribution in [0.3, 0.4) is 0 Å². The number of imidazole rings is 1. The van der Waals surface area contributed by atoms with Crippen LogP contribution in [0.1, 0.15) is 33.2 Å². The second kappa shape index (κ2) is 8.65. The van der Waals surface area contributed by atoms with Gasteiger partial charge in [-0.15, -0.1) is 0 Å². The third kappa shape index (κ3) is 4.27. The minimum atomic E-state index is 0.273. The first-order chi connectivity index (χ1) is 14.2. The maximum absolute atomic E-state index is 5.43. The van der Waals surface area contributed by atoms with Crippen LogP contribution in [0.4, 0.5) is 23.1 Å². The number of morpholine rings is 1. The van der Waals surface area contributed by atoms with Crippen LogP contribution in [-0.4, -0.2) is 52.4 Å². The summed E-state index contributed by atoms with van der Waals surface area (Å²) in [7, 11) is 0. The normalized spacial score (nSPS) is 14.6. The first kappa shape index (κ1) is 19.4. The van der Waals surface area contributed by atoms with Gasteiger partial charge >= 0.3 is 0 Å². The van der Waals surface area contributed by atoms with Gasteiger partial charge in [0.2, 0.25) is 5.95 Å². The van der Waals surface area contributed by atoms with Crippen molar-refractivity contribution < 1.29 is 4.74 Å². The lowest BCUT2D eigenvalue weighted by atomic mass is 10.2. The molecule has 0 unspecified atom stereocenters. The van der Waals surface area contributed by atoms with Crippen LogP contribution in [-0.2, 0) is 4.74 Å². The second-order valence-corrected chi connectivity index (χ2v) is 7.51. The minimum Gasteiger partial charge on any atom is -0.378 e. The molecule has 0 spiro atoms. The summed E-state index contributed by atoms with van der Waals surface area (Å²) in [5, 5.41) is 6.73. The van der Waals surface area contributed by atoms with Gasteiger partial charge in [-0.3, -0.25) is 0 Å². The van der Waals surface area contributed by atoms with Crippen LogP contribution in [0.15, 0.2) is 30.6 Å². The number of hydrogen-bond acceptors (Lipinski definition) is 7. The van der Waals surface area contributed by atoms with Crippen molar-refractivity contribution in [2.24, 2.45) is 0 Å². The molecule has 0 radical (unpaired) electrons. The minimum absolute atomic E-state index is 0.273. The Labute approximate surface area is 171 Å². The molecule has 1 fully saturated rings. The maximum atomic E-state index is 5.43. The molecule has 0 amide bonds. The van der Waals surface area contributed by atoms with Crippen LogP contribution >= 0.6 is 0 Å². The van der Waals surface area contributed by atoms with Crippen LogP contribution in [0.5, 0.6) is 0 Å². The highest BCUT2D eigenvalue weighted by Gasteiger charge is 2.15. The Balaban J connectivity index is 1.60. The zero-order valence-electron chi connectivity index (χ0n) is 17.4. The van der Waals surface area contributed by atoms with E-state index >= 15 is 0 Å². The number of anilines is 4. The topological polar surface area (TPSA) is 80.1 Å². The van der Waals surface area contributed by atoms with Crippen molar-refractivity contribution in [3.63, 3.8) is 0 Å². The van der Waals surface area contributed by atoms with Crippen molar-refractivity contribution in [3.05, 3.63) is 30.6 Å². The van der Waals surface area contributed by atoms with Gasteiger partial charge in [0.15, 0.2) is 17.0 Å². The number of hydrogen-bond donors (Lipinski definition) is 2. The molecular formula is C21H29N7O. The molecule has 4 rings (SSSR count). The first-order valence-electron chi connectivity index (χ1n) is 10.3. The summed E-state index contributed by atoms with van der Waals surface area (Å²) in [4.78, 5) is 16.3. The Kier molecular flexibility index (Phi) is 5.80. The lowest BCUT2D eigenvalue weighted by Gasteiger charge is -2.28. The molecule has 8 nitrogen and oxygen atoms in total. The van der Waals surface area contributed by atoms with Gasteiger partial charge in [-0.05, 0) is 44.5 Å². The van der Waals surface area contributed by atoms with E-state index in [1.54, 1.807) is 0 Å². The van der Waals surface area contributed by atoms with Gasteiger partial charge in [-0.1, -0.05) is 6.92 Å². The quantitative estimate of drug-likeness (QED) is 0.630. The van der Waals surface area contributed by atoms with Gasteiger partial charge in [-0.25, -0.2) is 4.98 Å². The van der Waals surface area contributed by atoms with Crippen molar-refractivity contribution in [2.75, 3.05) is 48.4 Å². The highest BCUT2D eigenvalue weighted by atomic mass is 16.5. The Morgan fingerprint density at radius 2 is 1.86 bits per heavy atom. The van der Waals surface area contributed by atoms with Crippen molar-refractivity contribution in [1.29, 1.82) is 0 Å². The van der Waals surface area contributed by atoms with E-state index in [4.69, 9.17) is 9.72 Å². The largest absolute Gasteiger partial charge is 0.378 e. The second-order valence-electron chi connectivity index (χ2n) is 7.51. The molecule has 1 aliphatic rings. The number of aromatic nitrogens is 4. The first-order valence-corrected chi connectivity index (χ1v) is 10.3. The summed E-state index contributed by atoms with van der Waals surface area (Å²) in [5.74, 6) is 1.33. The zero-order chi connectivity index (χ0) is 20.2. The Hall–Kier alpha value is -2.87. The number of fused-ring (bicyclic) bond motifs is 1. The van der Waals surface area contributed by atoms with Crippen LogP contribution in [0.25, 0.3) is 11.2 Å². The third-order valence-electron chi connectivity index (χ3n) is 5.02. The van der Waals surface area contributed by atoms with E-state index in [9.17, 15) is 0 Å². The summed E-state index contributed by atoms with van der Waals surface area (Å²) >= 11 is 0. The molecule has 1 saturated heterocycles. The summed E-state index contributed by atoms with van der Waals surface area (Å²) in [5.41, 5.74) is 3.80. The predicted octanol–water partition coefficient (Wildman–Crippen LogP) is 3.81. The number of nitrogens with zero attached hydrogens (tertiary/aromatic N) is 5. The molecule has 1 aromatic carbocycles. The summed E-state index contributed by atoms with van der Waals surface area (Å²) < 4.78 is 7.50. The lowest BCUT2D eigenvalue weighted by Crippen LogP contribution is -2.36. The lowest BCUT2D eigenvalue weighted by molar-refractivity contribution is 0.122. The summed E-state index contributed by atoms with van der Waals surface area (Å²) in [6, 6.07) is 8.66. The Bertz CT molecular complexity index is 946. The van der Waals surface area contributed by atoms with Gasteiger partial charge in [0, 0.05) is 37.1 Å². The molecule has 8 heteroatoms. The highest BCUT2D eigenvalue weighted by Crippen LogP contribution is 2.26. The average molecular weight is 396 g/mol. The average Bonchev–Trinajstić information content (AvgIpc) is 3.17. The predicted molar refractivity (Wildman–Crippen MR) is 117 cm³/mol. The van der Waals surface area contributed by atoms with Crippen LogP contribution in [0, 0.1) is 0 Å². The highest BCUT2D eigenvalue weighted by molar-refractivity contribution is 5.84. The summed E-state index contributed by atoms with van der Waals surface area (Å²) in [6.45, 7) is 10.6. The molecule has 2 aromatic heterocycles. The Morgan fingerprint density at radius 1 is 1.10 bits per heavy atom. The molecule has 29 heavy (non-hydrogen) atoms. The van der Waals surface area contributed by atoms with Gasteiger partial charge in [-0.2, -0.15) is 9.97 Å². The van der Waals surface area contributed by atoms with Crippen molar-refractivity contribution >= 4 is 34.3 Å². The van der Waals surface area contributed by atoms with Gasteiger partial charge in [0.1, 0.15) is 0 Å². The van der Waals surface area contributed by atoms with E-state index < -0.39 is 0 Å². The SMILES string of the molecule is CCCNc1nc(Nc2ccc(N3CCOCC3)cc2)nc2c1ncn2C(C)C. The fourth-order valence-electron chi connectivity index (χ4n) is 3.42. The van der Waals surface area contributed by atoms with Gasteiger partial charge < -0.3 is 24.8 Å². The molecule has 3 heterocycles. The van der Waals surface area contributed by atoms with Crippen molar-refractivity contribution in [3.8, 4) is 0 Å². The number of nitrogens with one attached hydrogen (secondary N) is 2. The number of rotatable bonds is 7. The summed E-state index contributed by atoms with van der Waals surface area (Å²) in [6.07, 6.45) is 2.85. The van der Waals surface area contributed by atoms with Crippen LogP contribution < -0.4 is 15.5 Å². The standard InChI is InChI=1S/C21H29N7O/c1-4-9-22-19-18-20(28(14-23-18)15(2)3)26-21(25-19)24-16-5-7-17(8-6-16)27-10-12-29-13-11-27/h5-8,14-15H,4,9-13H2,1-3H3,(H2,22,24,25,26). The van der Waals surface area contributed by atoms with E-state index in [2.05, 4.69) is 75.1 Å². The van der Waals surface area contributed by atoms with E-state index in [0.29, 0.717) is 5.95 Å². The molecule has 1 aliphatic heterocycles. The molecule has 154 valence electrons. The number of ether oxygens (including phenoxy) is 1. The molecule has 0 aliphatic carbocycles.